The molecule has 0 spiro atoms. The number of hydrogen-bond donors (Lipinski definition) is 2. The second-order valence-corrected chi connectivity index (χ2v) is 7.73. The molecule has 9 heteroatoms. The summed E-state index contributed by atoms with van der Waals surface area (Å²) in [7, 11) is 2.00. The molecule has 1 aromatic carbocycles. The Hall–Kier alpha value is -2.52. The van der Waals surface area contributed by atoms with Gasteiger partial charge in [-0.05, 0) is 39.1 Å². The van der Waals surface area contributed by atoms with E-state index in [4.69, 9.17) is 0 Å². The van der Waals surface area contributed by atoms with Crippen LogP contribution < -0.4 is 10.6 Å². The molecular formula is C18H22FN5O2S. The number of nitrogens with zero attached hydrogens (tertiary/aromatic N) is 3. The van der Waals surface area contributed by atoms with Gasteiger partial charge in [0.15, 0.2) is 5.13 Å². The monoisotopic (exact) mass is 391 g/mol. The van der Waals surface area contributed by atoms with Gasteiger partial charge in [0, 0.05) is 31.1 Å². The van der Waals surface area contributed by atoms with Crippen LogP contribution >= 0.6 is 11.3 Å². The number of anilines is 2. The number of benzene rings is 1. The van der Waals surface area contributed by atoms with Gasteiger partial charge < -0.3 is 15.1 Å². The molecule has 1 fully saturated rings. The zero-order valence-electron chi connectivity index (χ0n) is 15.5. The lowest BCUT2D eigenvalue weighted by Gasteiger charge is -2.32. The normalized spacial score (nSPS) is 14.9. The molecule has 27 heavy (non-hydrogen) atoms. The van der Waals surface area contributed by atoms with Crippen LogP contribution in [-0.2, 0) is 0 Å². The van der Waals surface area contributed by atoms with Crippen molar-refractivity contribution >= 4 is 34.1 Å². The number of piperazine rings is 1. The van der Waals surface area contributed by atoms with E-state index in [9.17, 15) is 14.0 Å². The summed E-state index contributed by atoms with van der Waals surface area (Å²) in [5.41, 5.74) is 1.16. The molecule has 1 aliphatic rings. The summed E-state index contributed by atoms with van der Waals surface area (Å²) in [6.07, 6.45) is 0. The fourth-order valence-corrected chi connectivity index (χ4v) is 3.52. The highest BCUT2D eigenvalue weighted by Gasteiger charge is 2.22. The molecule has 0 unspecified atom stereocenters. The molecule has 0 bridgehead atoms. The number of thiazole rings is 1. The fourth-order valence-electron chi connectivity index (χ4n) is 2.71. The molecule has 3 amide bonds. The van der Waals surface area contributed by atoms with Gasteiger partial charge in [-0.2, -0.15) is 0 Å². The Morgan fingerprint density at radius 1 is 1.15 bits per heavy atom. The minimum absolute atomic E-state index is 0.0583. The number of hydrogen-bond acceptors (Lipinski definition) is 5. The first-order valence-electron chi connectivity index (χ1n) is 8.63. The summed E-state index contributed by atoms with van der Waals surface area (Å²) in [5.74, 6) is -1.07. The molecule has 2 N–H and O–H groups in total. The van der Waals surface area contributed by atoms with Gasteiger partial charge in [0.1, 0.15) is 5.82 Å². The SMILES string of the molecule is Cc1nc(NC(=O)c2cc(F)ccc2NC(=O)N2CCN(C)CC2)sc1C. The number of halogens is 1. The Morgan fingerprint density at radius 3 is 2.48 bits per heavy atom. The van der Waals surface area contributed by atoms with E-state index in [1.54, 1.807) is 4.90 Å². The van der Waals surface area contributed by atoms with Crippen molar-refractivity contribution in [2.75, 3.05) is 43.9 Å². The highest BCUT2D eigenvalue weighted by Crippen LogP contribution is 2.24. The van der Waals surface area contributed by atoms with Crippen molar-refractivity contribution in [2.45, 2.75) is 13.8 Å². The summed E-state index contributed by atoms with van der Waals surface area (Å²) in [4.78, 5) is 34.2. The van der Waals surface area contributed by atoms with Crippen LogP contribution in [0.5, 0.6) is 0 Å². The fraction of sp³-hybridized carbons (Fsp3) is 0.389. The molecule has 7 nitrogen and oxygen atoms in total. The number of aryl methyl sites for hydroxylation is 2. The summed E-state index contributed by atoms with van der Waals surface area (Å²) in [6, 6.07) is 3.43. The first kappa shape index (κ1) is 19.2. The Balaban J connectivity index is 1.76. The average molecular weight is 391 g/mol. The first-order valence-corrected chi connectivity index (χ1v) is 9.44. The van der Waals surface area contributed by atoms with Gasteiger partial charge in [-0.1, -0.05) is 0 Å². The Morgan fingerprint density at radius 2 is 1.85 bits per heavy atom. The lowest BCUT2D eigenvalue weighted by atomic mass is 10.1. The number of carbonyl (C=O) groups is 2. The number of rotatable bonds is 3. The van der Waals surface area contributed by atoms with E-state index in [-0.39, 0.29) is 17.3 Å². The molecule has 1 aliphatic heterocycles. The molecule has 144 valence electrons. The van der Waals surface area contributed by atoms with E-state index in [2.05, 4.69) is 20.5 Å². The van der Waals surface area contributed by atoms with Crippen LogP contribution in [0.3, 0.4) is 0 Å². The summed E-state index contributed by atoms with van der Waals surface area (Å²) in [5, 5.41) is 5.85. The molecule has 0 radical (unpaired) electrons. The average Bonchev–Trinajstić information content (AvgIpc) is 2.94. The van der Waals surface area contributed by atoms with Crippen molar-refractivity contribution < 1.29 is 14.0 Å². The summed E-state index contributed by atoms with van der Waals surface area (Å²) < 4.78 is 13.7. The molecule has 0 atom stereocenters. The van der Waals surface area contributed by atoms with E-state index < -0.39 is 11.7 Å². The van der Waals surface area contributed by atoms with E-state index in [1.807, 2.05) is 20.9 Å². The third-order valence-electron chi connectivity index (χ3n) is 4.51. The second-order valence-electron chi connectivity index (χ2n) is 6.53. The van der Waals surface area contributed by atoms with Gasteiger partial charge in [-0.15, -0.1) is 11.3 Å². The van der Waals surface area contributed by atoms with Crippen molar-refractivity contribution in [1.29, 1.82) is 0 Å². The van der Waals surface area contributed by atoms with Gasteiger partial charge in [-0.25, -0.2) is 14.2 Å². The van der Waals surface area contributed by atoms with Crippen molar-refractivity contribution in [3.05, 3.63) is 40.2 Å². The largest absolute Gasteiger partial charge is 0.322 e. The zero-order valence-corrected chi connectivity index (χ0v) is 16.3. The lowest BCUT2D eigenvalue weighted by molar-refractivity contribution is 0.102. The highest BCUT2D eigenvalue weighted by molar-refractivity contribution is 7.15. The van der Waals surface area contributed by atoms with E-state index in [0.29, 0.717) is 18.2 Å². The molecule has 2 aromatic rings. The predicted octanol–water partition coefficient (Wildman–Crippen LogP) is 2.93. The van der Waals surface area contributed by atoms with Gasteiger partial charge in [0.25, 0.3) is 5.91 Å². The van der Waals surface area contributed by atoms with E-state index in [1.165, 1.54) is 23.5 Å². The Kier molecular flexibility index (Phi) is 5.71. The van der Waals surface area contributed by atoms with Gasteiger partial charge >= 0.3 is 6.03 Å². The van der Waals surface area contributed by atoms with Crippen molar-refractivity contribution in [3.63, 3.8) is 0 Å². The molecule has 3 rings (SSSR count). The Bertz CT molecular complexity index is 842. The van der Waals surface area contributed by atoms with Gasteiger partial charge in [-0.3, -0.25) is 10.1 Å². The van der Waals surface area contributed by atoms with Crippen LogP contribution in [0.4, 0.5) is 20.0 Å². The smallest absolute Gasteiger partial charge is 0.321 e. The number of nitrogens with one attached hydrogen (secondary N) is 2. The molecular weight excluding hydrogens is 369 g/mol. The van der Waals surface area contributed by atoms with Crippen LogP contribution in [-0.4, -0.2) is 59.9 Å². The summed E-state index contributed by atoms with van der Waals surface area (Å²) >= 11 is 1.35. The van der Waals surface area contributed by atoms with Gasteiger partial charge in [0.2, 0.25) is 0 Å². The minimum atomic E-state index is -0.552. The van der Waals surface area contributed by atoms with Crippen LogP contribution in [0, 0.1) is 19.7 Å². The predicted molar refractivity (Wildman–Crippen MR) is 104 cm³/mol. The zero-order chi connectivity index (χ0) is 19.6. The molecule has 1 aromatic heterocycles. The molecule has 0 saturated carbocycles. The van der Waals surface area contributed by atoms with Crippen molar-refractivity contribution in [3.8, 4) is 0 Å². The lowest BCUT2D eigenvalue weighted by Crippen LogP contribution is -2.48. The van der Waals surface area contributed by atoms with Crippen LogP contribution in [0.25, 0.3) is 0 Å². The van der Waals surface area contributed by atoms with E-state index in [0.717, 1.165) is 29.7 Å². The molecule has 1 saturated heterocycles. The standard InChI is InChI=1S/C18H22FN5O2S/c1-11-12(2)27-17(20-11)22-16(25)14-10-13(19)4-5-15(14)21-18(26)24-8-6-23(3)7-9-24/h4-5,10H,6-9H2,1-3H3,(H,21,26)(H,20,22,25). The first-order chi connectivity index (χ1) is 12.8. The number of urea groups is 1. The van der Waals surface area contributed by atoms with Crippen LogP contribution in [0.2, 0.25) is 0 Å². The maximum Gasteiger partial charge on any atom is 0.321 e. The highest BCUT2D eigenvalue weighted by atomic mass is 32.1. The number of aromatic nitrogens is 1. The van der Waals surface area contributed by atoms with Crippen LogP contribution in [0.1, 0.15) is 20.9 Å². The van der Waals surface area contributed by atoms with Crippen molar-refractivity contribution in [2.24, 2.45) is 0 Å². The quantitative estimate of drug-likeness (QED) is 0.843. The second kappa shape index (κ2) is 8.01. The maximum atomic E-state index is 13.7. The third kappa shape index (κ3) is 4.61. The minimum Gasteiger partial charge on any atom is -0.322 e. The van der Waals surface area contributed by atoms with Gasteiger partial charge in [0.05, 0.1) is 16.9 Å². The van der Waals surface area contributed by atoms with Crippen molar-refractivity contribution in [1.82, 2.24) is 14.8 Å². The Labute approximate surface area is 161 Å². The number of carbonyl (C=O) groups excluding carboxylic acids is 2. The maximum absolute atomic E-state index is 13.7. The summed E-state index contributed by atoms with van der Waals surface area (Å²) in [6.45, 7) is 6.53. The third-order valence-corrected chi connectivity index (χ3v) is 5.50. The topological polar surface area (TPSA) is 77.6 Å². The van der Waals surface area contributed by atoms with E-state index >= 15 is 0 Å². The van der Waals surface area contributed by atoms with Crippen LogP contribution in [0.15, 0.2) is 18.2 Å². The molecule has 0 aliphatic carbocycles. The number of likely N-dealkylation sites (N-methyl/N-ethyl adjacent to an activating group) is 1. The molecule has 2 heterocycles. The number of amides is 3.